The van der Waals surface area contributed by atoms with Crippen LogP contribution in [-0.4, -0.2) is 44.5 Å². The standard InChI is InChI=1S/C21H27N3O3/c1-15-9-17-11-19(25-2)18(12-20(17)27-15)14-22-13-16-3-4-23-21(10-16)24-5-7-26-8-6-24/h3-4,10-12,15,22H,5-9,13-14H2,1-2H3. The molecule has 0 spiro atoms. The van der Waals surface area contributed by atoms with Gasteiger partial charge in [-0.15, -0.1) is 0 Å². The second-order valence-electron chi connectivity index (χ2n) is 7.13. The molecule has 0 aliphatic carbocycles. The van der Waals surface area contributed by atoms with E-state index in [0.29, 0.717) is 0 Å². The molecule has 0 radical (unpaired) electrons. The second-order valence-corrected chi connectivity index (χ2v) is 7.13. The maximum absolute atomic E-state index is 5.89. The summed E-state index contributed by atoms with van der Waals surface area (Å²) in [5.74, 6) is 2.93. The van der Waals surface area contributed by atoms with Gasteiger partial charge in [0, 0.05) is 49.9 Å². The molecule has 6 nitrogen and oxygen atoms in total. The molecule has 1 unspecified atom stereocenters. The van der Waals surface area contributed by atoms with Crippen molar-refractivity contribution < 1.29 is 14.2 Å². The molecule has 0 amide bonds. The molecule has 1 saturated heterocycles. The topological polar surface area (TPSA) is 55.9 Å². The summed E-state index contributed by atoms with van der Waals surface area (Å²) in [4.78, 5) is 6.78. The Hall–Kier alpha value is -2.31. The lowest BCUT2D eigenvalue weighted by Crippen LogP contribution is -2.36. The summed E-state index contributed by atoms with van der Waals surface area (Å²) < 4.78 is 16.9. The molecule has 4 rings (SSSR count). The monoisotopic (exact) mass is 369 g/mol. The number of morpholine rings is 1. The molecule has 1 N–H and O–H groups in total. The number of methoxy groups -OCH3 is 1. The molecule has 1 aromatic heterocycles. The summed E-state index contributed by atoms with van der Waals surface area (Å²) in [5.41, 5.74) is 3.57. The van der Waals surface area contributed by atoms with Gasteiger partial charge in [0.2, 0.25) is 0 Å². The average molecular weight is 369 g/mol. The number of hydrogen-bond donors (Lipinski definition) is 1. The lowest BCUT2D eigenvalue weighted by Gasteiger charge is -2.28. The third-order valence-electron chi connectivity index (χ3n) is 5.09. The number of aromatic nitrogens is 1. The van der Waals surface area contributed by atoms with E-state index in [0.717, 1.165) is 68.7 Å². The highest BCUT2D eigenvalue weighted by molar-refractivity contribution is 5.48. The molecule has 0 bridgehead atoms. The lowest BCUT2D eigenvalue weighted by molar-refractivity contribution is 0.122. The fourth-order valence-electron chi connectivity index (χ4n) is 3.69. The van der Waals surface area contributed by atoms with E-state index in [1.165, 1.54) is 11.1 Å². The van der Waals surface area contributed by atoms with E-state index in [9.17, 15) is 0 Å². The van der Waals surface area contributed by atoms with E-state index in [4.69, 9.17) is 14.2 Å². The maximum atomic E-state index is 5.89. The average Bonchev–Trinajstić information content (AvgIpc) is 3.07. The van der Waals surface area contributed by atoms with Crippen molar-refractivity contribution in [3.63, 3.8) is 0 Å². The predicted octanol–water partition coefficient (Wildman–Crippen LogP) is 2.54. The summed E-state index contributed by atoms with van der Waals surface area (Å²) in [6.45, 7) is 6.93. The van der Waals surface area contributed by atoms with E-state index in [2.05, 4.69) is 46.4 Å². The van der Waals surface area contributed by atoms with Gasteiger partial charge in [0.25, 0.3) is 0 Å². The van der Waals surface area contributed by atoms with Crippen LogP contribution >= 0.6 is 0 Å². The van der Waals surface area contributed by atoms with E-state index in [1.807, 2.05) is 6.20 Å². The SMILES string of the molecule is COc1cc2c(cc1CNCc1ccnc(N3CCOCC3)c1)OC(C)C2. The van der Waals surface area contributed by atoms with Crippen LogP contribution in [0.3, 0.4) is 0 Å². The number of rotatable bonds is 6. The van der Waals surface area contributed by atoms with Gasteiger partial charge in [0.15, 0.2) is 0 Å². The third kappa shape index (κ3) is 4.17. The molecule has 0 saturated carbocycles. The first-order valence-corrected chi connectivity index (χ1v) is 9.57. The first kappa shape index (κ1) is 18.1. The highest BCUT2D eigenvalue weighted by Crippen LogP contribution is 2.34. The first-order valence-electron chi connectivity index (χ1n) is 9.57. The number of nitrogens with zero attached hydrogens (tertiary/aromatic N) is 2. The van der Waals surface area contributed by atoms with Gasteiger partial charge in [0.1, 0.15) is 23.4 Å². The van der Waals surface area contributed by atoms with Crippen molar-refractivity contribution in [2.24, 2.45) is 0 Å². The van der Waals surface area contributed by atoms with Crippen molar-refractivity contribution in [2.75, 3.05) is 38.3 Å². The maximum Gasteiger partial charge on any atom is 0.128 e. The third-order valence-corrected chi connectivity index (χ3v) is 5.09. The Morgan fingerprint density at radius 3 is 2.89 bits per heavy atom. The molecule has 144 valence electrons. The van der Waals surface area contributed by atoms with Crippen molar-refractivity contribution in [3.05, 3.63) is 47.2 Å². The smallest absolute Gasteiger partial charge is 0.128 e. The number of hydrogen-bond acceptors (Lipinski definition) is 6. The van der Waals surface area contributed by atoms with Gasteiger partial charge in [-0.25, -0.2) is 4.98 Å². The summed E-state index contributed by atoms with van der Waals surface area (Å²) in [7, 11) is 1.72. The minimum atomic E-state index is 0.239. The van der Waals surface area contributed by atoms with Crippen LogP contribution in [0.1, 0.15) is 23.6 Å². The molecule has 1 aromatic carbocycles. The van der Waals surface area contributed by atoms with Crippen LogP contribution in [0.25, 0.3) is 0 Å². The van der Waals surface area contributed by atoms with Gasteiger partial charge >= 0.3 is 0 Å². The van der Waals surface area contributed by atoms with E-state index in [1.54, 1.807) is 7.11 Å². The molecule has 1 atom stereocenters. The Kier molecular flexibility index (Phi) is 5.45. The molecule has 6 heteroatoms. The Balaban J connectivity index is 1.39. The zero-order valence-electron chi connectivity index (χ0n) is 16.0. The minimum absolute atomic E-state index is 0.239. The summed E-state index contributed by atoms with van der Waals surface area (Å²) in [6.07, 6.45) is 3.07. The zero-order valence-corrected chi connectivity index (χ0v) is 16.0. The Morgan fingerprint density at radius 2 is 2.07 bits per heavy atom. The summed E-state index contributed by atoms with van der Waals surface area (Å²) in [6, 6.07) is 8.43. The Labute approximate surface area is 160 Å². The van der Waals surface area contributed by atoms with Gasteiger partial charge in [-0.3, -0.25) is 0 Å². The van der Waals surface area contributed by atoms with Crippen molar-refractivity contribution in [2.45, 2.75) is 32.5 Å². The molecule has 3 heterocycles. The first-order chi connectivity index (χ1) is 13.2. The highest BCUT2D eigenvalue weighted by Gasteiger charge is 2.21. The number of pyridine rings is 1. The van der Waals surface area contributed by atoms with Gasteiger partial charge in [-0.1, -0.05) is 0 Å². The lowest BCUT2D eigenvalue weighted by atomic mass is 10.1. The van der Waals surface area contributed by atoms with Crippen LogP contribution in [0.4, 0.5) is 5.82 Å². The number of benzene rings is 1. The predicted molar refractivity (Wildman–Crippen MR) is 105 cm³/mol. The van der Waals surface area contributed by atoms with Gasteiger partial charge in [-0.05, 0) is 36.8 Å². The van der Waals surface area contributed by atoms with Crippen molar-refractivity contribution in [1.82, 2.24) is 10.3 Å². The van der Waals surface area contributed by atoms with Gasteiger partial charge in [0.05, 0.1) is 20.3 Å². The summed E-state index contributed by atoms with van der Waals surface area (Å²) >= 11 is 0. The number of nitrogens with one attached hydrogen (secondary N) is 1. The van der Waals surface area contributed by atoms with Crippen LogP contribution in [0.2, 0.25) is 0 Å². The molecule has 27 heavy (non-hydrogen) atoms. The molecule has 2 aromatic rings. The number of ether oxygens (including phenoxy) is 3. The normalized spacial score (nSPS) is 18.9. The van der Waals surface area contributed by atoms with Crippen molar-refractivity contribution >= 4 is 5.82 Å². The number of fused-ring (bicyclic) bond motifs is 1. The minimum Gasteiger partial charge on any atom is -0.496 e. The van der Waals surface area contributed by atoms with Crippen LogP contribution in [-0.2, 0) is 24.2 Å². The van der Waals surface area contributed by atoms with Crippen molar-refractivity contribution in [1.29, 1.82) is 0 Å². The molecular weight excluding hydrogens is 342 g/mol. The molecule has 2 aliphatic rings. The Morgan fingerprint density at radius 1 is 1.22 bits per heavy atom. The van der Waals surface area contributed by atoms with E-state index in [-0.39, 0.29) is 6.10 Å². The largest absolute Gasteiger partial charge is 0.496 e. The van der Waals surface area contributed by atoms with E-state index >= 15 is 0 Å². The van der Waals surface area contributed by atoms with Crippen LogP contribution in [0, 0.1) is 0 Å². The van der Waals surface area contributed by atoms with E-state index < -0.39 is 0 Å². The quantitative estimate of drug-likeness (QED) is 0.845. The molecule has 2 aliphatic heterocycles. The van der Waals surface area contributed by atoms with Crippen LogP contribution in [0.15, 0.2) is 30.5 Å². The van der Waals surface area contributed by atoms with Gasteiger partial charge < -0.3 is 24.4 Å². The highest BCUT2D eigenvalue weighted by atomic mass is 16.5. The summed E-state index contributed by atoms with van der Waals surface area (Å²) in [5, 5.41) is 3.52. The van der Waals surface area contributed by atoms with Crippen LogP contribution in [0.5, 0.6) is 11.5 Å². The Bertz CT molecular complexity index is 790. The van der Waals surface area contributed by atoms with Crippen LogP contribution < -0.4 is 19.7 Å². The zero-order chi connectivity index (χ0) is 18.6. The molecule has 1 fully saturated rings. The fourth-order valence-corrected chi connectivity index (χ4v) is 3.69. The van der Waals surface area contributed by atoms with Gasteiger partial charge in [-0.2, -0.15) is 0 Å². The number of anilines is 1. The second kappa shape index (κ2) is 8.15. The van der Waals surface area contributed by atoms with Crippen molar-refractivity contribution in [3.8, 4) is 11.5 Å². The molecular formula is C21H27N3O3. The fraction of sp³-hybridized carbons (Fsp3) is 0.476.